The van der Waals surface area contributed by atoms with E-state index in [1.807, 2.05) is 19.1 Å². The number of rotatable bonds is 1. The van der Waals surface area contributed by atoms with Crippen LogP contribution in [0.2, 0.25) is 0 Å². The highest BCUT2D eigenvalue weighted by molar-refractivity contribution is 9.10. The van der Waals surface area contributed by atoms with Gasteiger partial charge in [0.15, 0.2) is 0 Å². The van der Waals surface area contributed by atoms with Crippen molar-refractivity contribution >= 4 is 22.0 Å². The fraction of sp³-hybridized carbons (Fsp3) is 0.143. The third kappa shape index (κ3) is 1.45. The number of halogens is 1. The van der Waals surface area contributed by atoms with Crippen LogP contribution < -0.4 is 0 Å². The molecule has 0 N–H and O–H groups in total. The standard InChI is InChI=1S/C14H11BrO/c1-9-5-8-13(16-9)14-11-4-2-3-10(11)6-7-12(14)15/h2,4-8H,3H2,1H3. The third-order valence-corrected chi connectivity index (χ3v) is 3.55. The Morgan fingerprint density at radius 3 is 2.81 bits per heavy atom. The Balaban J connectivity index is 2.27. The SMILES string of the molecule is Cc1ccc(-c2c(Br)ccc3c2C=CC3)o1. The van der Waals surface area contributed by atoms with Crippen molar-refractivity contribution < 1.29 is 4.42 Å². The molecule has 0 aliphatic heterocycles. The highest BCUT2D eigenvalue weighted by Crippen LogP contribution is 2.37. The van der Waals surface area contributed by atoms with Crippen LogP contribution in [0.25, 0.3) is 17.4 Å². The Kier molecular flexibility index (Phi) is 2.25. The number of benzene rings is 1. The first-order valence-electron chi connectivity index (χ1n) is 5.30. The minimum Gasteiger partial charge on any atom is -0.461 e. The second kappa shape index (κ2) is 3.63. The molecule has 0 amide bonds. The van der Waals surface area contributed by atoms with Gasteiger partial charge in [0.05, 0.1) is 0 Å². The molecule has 1 aromatic heterocycles. The van der Waals surface area contributed by atoms with Crippen LogP contribution in [0.15, 0.2) is 39.2 Å². The third-order valence-electron chi connectivity index (χ3n) is 2.89. The molecule has 0 spiro atoms. The summed E-state index contributed by atoms with van der Waals surface area (Å²) >= 11 is 3.60. The molecule has 16 heavy (non-hydrogen) atoms. The average Bonchev–Trinajstić information content (AvgIpc) is 2.86. The molecule has 1 heterocycles. The van der Waals surface area contributed by atoms with Gasteiger partial charge in [0, 0.05) is 10.0 Å². The van der Waals surface area contributed by atoms with Gasteiger partial charge < -0.3 is 4.42 Å². The minimum absolute atomic E-state index is 0.938. The molecule has 0 saturated heterocycles. The van der Waals surface area contributed by atoms with Crippen LogP contribution in [-0.2, 0) is 6.42 Å². The van der Waals surface area contributed by atoms with E-state index in [9.17, 15) is 0 Å². The van der Waals surface area contributed by atoms with Gasteiger partial charge in [-0.25, -0.2) is 0 Å². The summed E-state index contributed by atoms with van der Waals surface area (Å²) in [6, 6.07) is 8.29. The van der Waals surface area contributed by atoms with Crippen LogP contribution in [0, 0.1) is 6.92 Å². The molecule has 0 bridgehead atoms. The first-order valence-corrected chi connectivity index (χ1v) is 6.10. The number of allylic oxidation sites excluding steroid dienone is 1. The highest BCUT2D eigenvalue weighted by Gasteiger charge is 2.16. The fourth-order valence-electron chi connectivity index (χ4n) is 2.13. The molecule has 2 aromatic rings. The molecule has 0 fully saturated rings. The second-order valence-corrected chi connectivity index (χ2v) is 4.87. The van der Waals surface area contributed by atoms with Crippen LogP contribution in [0.5, 0.6) is 0 Å². The summed E-state index contributed by atoms with van der Waals surface area (Å²) < 4.78 is 6.80. The van der Waals surface area contributed by atoms with Crippen molar-refractivity contribution in [3.8, 4) is 11.3 Å². The van der Waals surface area contributed by atoms with E-state index in [2.05, 4.69) is 40.2 Å². The van der Waals surface area contributed by atoms with Gasteiger partial charge in [-0.15, -0.1) is 0 Å². The molecule has 1 nitrogen and oxygen atoms in total. The zero-order valence-electron chi connectivity index (χ0n) is 8.96. The smallest absolute Gasteiger partial charge is 0.136 e. The largest absolute Gasteiger partial charge is 0.461 e. The lowest BCUT2D eigenvalue weighted by molar-refractivity contribution is 0.548. The molecule has 0 saturated carbocycles. The summed E-state index contributed by atoms with van der Waals surface area (Å²) in [7, 11) is 0. The molecule has 0 unspecified atom stereocenters. The lowest BCUT2D eigenvalue weighted by atomic mass is 10.0. The Morgan fingerprint density at radius 2 is 2.06 bits per heavy atom. The topological polar surface area (TPSA) is 13.1 Å². The summed E-state index contributed by atoms with van der Waals surface area (Å²) in [4.78, 5) is 0. The first kappa shape index (κ1) is 9.91. The van der Waals surface area contributed by atoms with Gasteiger partial charge in [0.1, 0.15) is 11.5 Å². The Hall–Kier alpha value is -1.28. The maximum absolute atomic E-state index is 5.71. The molecule has 1 aliphatic rings. The number of furan rings is 1. The van der Waals surface area contributed by atoms with E-state index < -0.39 is 0 Å². The molecular weight excluding hydrogens is 264 g/mol. The molecule has 1 aromatic carbocycles. The van der Waals surface area contributed by atoms with E-state index in [-0.39, 0.29) is 0 Å². The first-order chi connectivity index (χ1) is 7.75. The van der Waals surface area contributed by atoms with Crippen LogP contribution in [0.4, 0.5) is 0 Å². The van der Waals surface area contributed by atoms with Crippen molar-refractivity contribution in [2.45, 2.75) is 13.3 Å². The van der Waals surface area contributed by atoms with Crippen molar-refractivity contribution in [3.05, 3.63) is 51.7 Å². The minimum atomic E-state index is 0.938. The molecule has 3 rings (SSSR count). The zero-order valence-corrected chi connectivity index (χ0v) is 10.5. The predicted molar refractivity (Wildman–Crippen MR) is 69.3 cm³/mol. The molecule has 80 valence electrons. The van der Waals surface area contributed by atoms with E-state index in [1.165, 1.54) is 16.7 Å². The summed E-state index contributed by atoms with van der Waals surface area (Å²) in [5, 5.41) is 0. The van der Waals surface area contributed by atoms with Gasteiger partial charge in [0.2, 0.25) is 0 Å². The molecule has 0 atom stereocenters. The number of hydrogen-bond donors (Lipinski definition) is 0. The Bertz CT molecular complexity index is 578. The Morgan fingerprint density at radius 1 is 1.19 bits per heavy atom. The lowest BCUT2D eigenvalue weighted by Crippen LogP contribution is -1.87. The lowest BCUT2D eigenvalue weighted by Gasteiger charge is -2.07. The molecule has 1 aliphatic carbocycles. The monoisotopic (exact) mass is 274 g/mol. The molecule has 2 heteroatoms. The van der Waals surface area contributed by atoms with E-state index in [0.29, 0.717) is 0 Å². The summed E-state index contributed by atoms with van der Waals surface area (Å²) in [6.07, 6.45) is 5.39. The molecular formula is C14H11BrO. The van der Waals surface area contributed by atoms with Crippen LogP contribution >= 0.6 is 15.9 Å². The van der Waals surface area contributed by atoms with Crippen molar-refractivity contribution in [2.24, 2.45) is 0 Å². The maximum atomic E-state index is 5.71. The average molecular weight is 275 g/mol. The number of aryl methyl sites for hydroxylation is 1. The van der Waals surface area contributed by atoms with E-state index >= 15 is 0 Å². The summed E-state index contributed by atoms with van der Waals surface area (Å²) in [5.41, 5.74) is 3.82. The Labute approximate surface area is 103 Å². The van der Waals surface area contributed by atoms with E-state index in [4.69, 9.17) is 4.42 Å². The summed E-state index contributed by atoms with van der Waals surface area (Å²) in [6.45, 7) is 1.97. The second-order valence-electron chi connectivity index (χ2n) is 4.01. The highest BCUT2D eigenvalue weighted by atomic mass is 79.9. The van der Waals surface area contributed by atoms with Gasteiger partial charge in [-0.2, -0.15) is 0 Å². The van der Waals surface area contributed by atoms with Crippen LogP contribution in [-0.4, -0.2) is 0 Å². The van der Waals surface area contributed by atoms with E-state index in [0.717, 1.165) is 22.4 Å². The van der Waals surface area contributed by atoms with Crippen LogP contribution in [0.1, 0.15) is 16.9 Å². The van der Waals surface area contributed by atoms with Gasteiger partial charge in [-0.05, 0) is 42.7 Å². The quantitative estimate of drug-likeness (QED) is 0.742. The number of hydrogen-bond acceptors (Lipinski definition) is 1. The van der Waals surface area contributed by atoms with Gasteiger partial charge in [0.25, 0.3) is 0 Å². The van der Waals surface area contributed by atoms with Crippen molar-refractivity contribution in [3.63, 3.8) is 0 Å². The van der Waals surface area contributed by atoms with Gasteiger partial charge >= 0.3 is 0 Å². The predicted octanol–water partition coefficient (Wildman–Crippen LogP) is 4.59. The summed E-state index contributed by atoms with van der Waals surface area (Å²) in [5.74, 6) is 1.88. The zero-order chi connectivity index (χ0) is 11.1. The van der Waals surface area contributed by atoms with E-state index in [1.54, 1.807) is 0 Å². The van der Waals surface area contributed by atoms with Crippen molar-refractivity contribution in [1.82, 2.24) is 0 Å². The molecule has 0 radical (unpaired) electrons. The maximum Gasteiger partial charge on any atom is 0.136 e. The fourth-order valence-corrected chi connectivity index (χ4v) is 2.67. The van der Waals surface area contributed by atoms with Crippen molar-refractivity contribution in [2.75, 3.05) is 0 Å². The normalized spacial score (nSPS) is 13.1. The van der Waals surface area contributed by atoms with Gasteiger partial charge in [-0.1, -0.05) is 34.1 Å². The number of fused-ring (bicyclic) bond motifs is 1. The van der Waals surface area contributed by atoms with Crippen molar-refractivity contribution in [1.29, 1.82) is 0 Å². The van der Waals surface area contributed by atoms with Crippen LogP contribution in [0.3, 0.4) is 0 Å². The van der Waals surface area contributed by atoms with Gasteiger partial charge in [-0.3, -0.25) is 0 Å².